The fraction of sp³-hybridized carbons (Fsp3) is 0.273. The van der Waals surface area contributed by atoms with E-state index < -0.39 is 0 Å². The van der Waals surface area contributed by atoms with Crippen LogP contribution in [0, 0.1) is 12.8 Å². The third kappa shape index (κ3) is 4.03. The molecule has 1 amide bonds. The number of hydrogen-bond acceptors (Lipinski definition) is 3. The van der Waals surface area contributed by atoms with Gasteiger partial charge in [0.05, 0.1) is 36.3 Å². The number of carbonyl (C=O) groups excluding carboxylic acids is 1. The lowest BCUT2D eigenvalue weighted by Gasteiger charge is -2.23. The molecule has 0 spiro atoms. The van der Waals surface area contributed by atoms with Gasteiger partial charge in [-0.1, -0.05) is 44.2 Å². The van der Waals surface area contributed by atoms with Gasteiger partial charge in [0.1, 0.15) is 5.75 Å². The number of carbonyl (C=O) groups is 1. The van der Waals surface area contributed by atoms with E-state index in [-0.39, 0.29) is 17.9 Å². The minimum atomic E-state index is -0.121. The molecule has 27 heavy (non-hydrogen) atoms. The molecule has 1 atom stereocenters. The molecule has 0 aliphatic rings. The molecular formula is C22H25N3O2. The predicted molar refractivity (Wildman–Crippen MR) is 106 cm³/mol. The second-order valence-corrected chi connectivity index (χ2v) is 6.86. The topological polar surface area (TPSA) is 56.1 Å². The maximum absolute atomic E-state index is 12.9. The van der Waals surface area contributed by atoms with Crippen LogP contribution in [0.2, 0.25) is 0 Å². The molecule has 0 saturated heterocycles. The standard InChI is InChI=1S/C22H25N3O2/c1-15(2)21(17-10-12-19(27-4)13-11-17)24-22(26)20-14-23-25(16(20)3)18-8-6-5-7-9-18/h5-15,21H,1-4H3,(H,24,26). The van der Waals surface area contributed by atoms with Gasteiger partial charge in [-0.15, -0.1) is 0 Å². The van der Waals surface area contributed by atoms with Crippen LogP contribution in [0.1, 0.15) is 41.5 Å². The molecule has 0 saturated carbocycles. The van der Waals surface area contributed by atoms with Crippen molar-refractivity contribution in [2.24, 2.45) is 5.92 Å². The van der Waals surface area contributed by atoms with Crippen molar-refractivity contribution in [3.05, 3.63) is 77.6 Å². The first-order valence-electron chi connectivity index (χ1n) is 9.06. The van der Waals surface area contributed by atoms with Gasteiger partial charge in [-0.05, 0) is 42.7 Å². The number of benzene rings is 2. The first-order chi connectivity index (χ1) is 13.0. The van der Waals surface area contributed by atoms with Crippen molar-refractivity contribution in [1.82, 2.24) is 15.1 Å². The molecule has 0 bridgehead atoms. The van der Waals surface area contributed by atoms with Crippen LogP contribution in [-0.2, 0) is 0 Å². The zero-order valence-electron chi connectivity index (χ0n) is 16.1. The van der Waals surface area contributed by atoms with Gasteiger partial charge >= 0.3 is 0 Å². The maximum Gasteiger partial charge on any atom is 0.255 e. The highest BCUT2D eigenvalue weighted by molar-refractivity contribution is 5.95. The summed E-state index contributed by atoms with van der Waals surface area (Å²) in [5, 5.41) is 7.55. The number of hydrogen-bond donors (Lipinski definition) is 1. The number of ether oxygens (including phenoxy) is 1. The van der Waals surface area contributed by atoms with Gasteiger partial charge in [0.25, 0.3) is 5.91 Å². The largest absolute Gasteiger partial charge is 0.497 e. The summed E-state index contributed by atoms with van der Waals surface area (Å²) in [4.78, 5) is 12.9. The number of methoxy groups -OCH3 is 1. The van der Waals surface area contributed by atoms with Crippen molar-refractivity contribution < 1.29 is 9.53 Å². The number of aromatic nitrogens is 2. The first-order valence-corrected chi connectivity index (χ1v) is 9.06. The molecule has 2 aromatic carbocycles. The molecule has 5 heteroatoms. The Balaban J connectivity index is 1.83. The average molecular weight is 363 g/mol. The van der Waals surface area contributed by atoms with Crippen molar-refractivity contribution in [2.45, 2.75) is 26.8 Å². The predicted octanol–water partition coefficient (Wildman–Crippen LogP) is 4.32. The van der Waals surface area contributed by atoms with Crippen molar-refractivity contribution >= 4 is 5.91 Å². The van der Waals surface area contributed by atoms with Gasteiger partial charge in [-0.3, -0.25) is 4.79 Å². The highest BCUT2D eigenvalue weighted by atomic mass is 16.5. The lowest BCUT2D eigenvalue weighted by atomic mass is 9.95. The number of para-hydroxylation sites is 1. The summed E-state index contributed by atoms with van der Waals surface area (Å²) in [5.74, 6) is 0.920. The Morgan fingerprint density at radius 1 is 1.07 bits per heavy atom. The minimum Gasteiger partial charge on any atom is -0.497 e. The molecule has 3 rings (SSSR count). The van der Waals surface area contributed by atoms with Crippen molar-refractivity contribution in [2.75, 3.05) is 7.11 Å². The van der Waals surface area contributed by atoms with E-state index in [1.807, 2.05) is 61.5 Å². The highest BCUT2D eigenvalue weighted by Gasteiger charge is 2.22. The Bertz CT molecular complexity index is 899. The zero-order valence-corrected chi connectivity index (χ0v) is 16.1. The molecule has 0 fully saturated rings. The summed E-state index contributed by atoms with van der Waals surface area (Å²) in [5.41, 5.74) is 3.38. The molecular weight excluding hydrogens is 338 g/mol. The molecule has 0 radical (unpaired) electrons. The van der Waals surface area contributed by atoms with E-state index in [1.165, 1.54) is 0 Å². The maximum atomic E-state index is 12.9. The quantitative estimate of drug-likeness (QED) is 0.710. The monoisotopic (exact) mass is 363 g/mol. The molecule has 0 aliphatic heterocycles. The van der Waals surface area contributed by atoms with E-state index >= 15 is 0 Å². The Morgan fingerprint density at radius 3 is 2.33 bits per heavy atom. The molecule has 5 nitrogen and oxygen atoms in total. The summed E-state index contributed by atoms with van der Waals surface area (Å²) >= 11 is 0. The second kappa shape index (κ2) is 8.08. The van der Waals surface area contributed by atoms with Gasteiger partial charge in [0, 0.05) is 0 Å². The molecule has 0 aliphatic carbocycles. The number of amides is 1. The van der Waals surface area contributed by atoms with Crippen LogP contribution in [0.4, 0.5) is 0 Å². The molecule has 1 unspecified atom stereocenters. The van der Waals surface area contributed by atoms with Crippen molar-refractivity contribution in [3.8, 4) is 11.4 Å². The van der Waals surface area contributed by atoms with Gasteiger partial charge in [0.15, 0.2) is 0 Å². The number of nitrogens with zero attached hydrogens (tertiary/aromatic N) is 2. The van der Waals surface area contributed by atoms with Crippen LogP contribution in [0.5, 0.6) is 5.75 Å². The molecule has 1 N–H and O–H groups in total. The summed E-state index contributed by atoms with van der Waals surface area (Å²) < 4.78 is 7.01. The van der Waals surface area contributed by atoms with E-state index in [4.69, 9.17) is 4.74 Å². The molecule has 3 aromatic rings. The van der Waals surface area contributed by atoms with E-state index in [9.17, 15) is 4.79 Å². The van der Waals surface area contributed by atoms with Crippen LogP contribution in [0.15, 0.2) is 60.8 Å². The van der Waals surface area contributed by atoms with Gasteiger partial charge in [0.2, 0.25) is 0 Å². The summed E-state index contributed by atoms with van der Waals surface area (Å²) in [6.45, 7) is 6.09. The van der Waals surface area contributed by atoms with Crippen LogP contribution < -0.4 is 10.1 Å². The summed E-state index contributed by atoms with van der Waals surface area (Å²) in [7, 11) is 1.64. The van der Waals surface area contributed by atoms with Gasteiger partial charge in [-0.25, -0.2) is 4.68 Å². The third-order valence-electron chi connectivity index (χ3n) is 4.68. The molecule has 1 aromatic heterocycles. The first kappa shape index (κ1) is 18.7. The second-order valence-electron chi connectivity index (χ2n) is 6.86. The summed E-state index contributed by atoms with van der Waals surface area (Å²) in [6, 6.07) is 17.5. The SMILES string of the molecule is COc1ccc(C(NC(=O)c2cnn(-c3ccccc3)c2C)C(C)C)cc1. The number of nitrogens with one attached hydrogen (secondary N) is 1. The molecule has 140 valence electrons. The fourth-order valence-corrected chi connectivity index (χ4v) is 3.13. The normalized spacial score (nSPS) is 12.0. The van der Waals surface area contributed by atoms with Crippen LogP contribution in [-0.4, -0.2) is 22.8 Å². The fourth-order valence-electron chi connectivity index (χ4n) is 3.13. The third-order valence-corrected chi connectivity index (χ3v) is 4.68. The Kier molecular flexibility index (Phi) is 5.60. The van der Waals surface area contributed by atoms with Crippen LogP contribution in [0.3, 0.4) is 0 Å². The Labute approximate surface area is 160 Å². The average Bonchev–Trinajstić information content (AvgIpc) is 3.08. The minimum absolute atomic E-state index is 0.0946. The number of rotatable bonds is 6. The smallest absolute Gasteiger partial charge is 0.255 e. The van der Waals surface area contributed by atoms with Crippen LogP contribution in [0.25, 0.3) is 5.69 Å². The zero-order chi connectivity index (χ0) is 19.4. The van der Waals surface area contributed by atoms with Gasteiger partial charge in [-0.2, -0.15) is 5.10 Å². The van der Waals surface area contributed by atoms with Crippen molar-refractivity contribution in [1.29, 1.82) is 0 Å². The summed E-state index contributed by atoms with van der Waals surface area (Å²) in [6.07, 6.45) is 1.63. The Morgan fingerprint density at radius 2 is 1.74 bits per heavy atom. The van der Waals surface area contributed by atoms with E-state index in [1.54, 1.807) is 18.0 Å². The molecule has 1 heterocycles. The lowest BCUT2D eigenvalue weighted by Crippen LogP contribution is -2.32. The Hall–Kier alpha value is -3.08. The van der Waals surface area contributed by atoms with Crippen LogP contribution >= 0.6 is 0 Å². The van der Waals surface area contributed by atoms with Crippen molar-refractivity contribution in [3.63, 3.8) is 0 Å². The lowest BCUT2D eigenvalue weighted by molar-refractivity contribution is 0.0925. The van der Waals surface area contributed by atoms with E-state index in [0.29, 0.717) is 5.56 Å². The van der Waals surface area contributed by atoms with Gasteiger partial charge < -0.3 is 10.1 Å². The van der Waals surface area contributed by atoms with E-state index in [0.717, 1.165) is 22.7 Å². The van der Waals surface area contributed by atoms with E-state index in [2.05, 4.69) is 24.3 Å². The highest BCUT2D eigenvalue weighted by Crippen LogP contribution is 2.25.